The fourth-order valence-corrected chi connectivity index (χ4v) is 3.94. The van der Waals surface area contributed by atoms with E-state index < -0.39 is 0 Å². The highest BCUT2D eigenvalue weighted by Crippen LogP contribution is 2.19. The number of nitrogen functional groups attached to an aromatic ring is 1. The van der Waals surface area contributed by atoms with Crippen molar-refractivity contribution < 1.29 is 14.3 Å². The molecule has 196 valence electrons. The topological polar surface area (TPSA) is 140 Å². The third-order valence-corrected chi connectivity index (χ3v) is 5.68. The average molecular weight is 500 g/mol. The van der Waals surface area contributed by atoms with Crippen LogP contribution in [-0.2, 0) is 17.9 Å². The van der Waals surface area contributed by atoms with E-state index in [2.05, 4.69) is 32.1 Å². The first-order valence-electron chi connectivity index (χ1n) is 12.4. The molecule has 0 amide bonds. The van der Waals surface area contributed by atoms with Gasteiger partial charge in [0, 0.05) is 26.6 Å². The summed E-state index contributed by atoms with van der Waals surface area (Å²) in [5, 5.41) is 3.18. The van der Waals surface area contributed by atoms with E-state index in [4.69, 9.17) is 15.2 Å². The van der Waals surface area contributed by atoms with Crippen molar-refractivity contribution in [2.45, 2.75) is 52.6 Å². The van der Waals surface area contributed by atoms with E-state index in [0.717, 1.165) is 50.9 Å². The van der Waals surface area contributed by atoms with Crippen LogP contribution in [0.3, 0.4) is 0 Å². The second kappa shape index (κ2) is 13.6. The van der Waals surface area contributed by atoms with Gasteiger partial charge in [0.05, 0.1) is 6.61 Å². The lowest BCUT2D eigenvalue weighted by molar-refractivity contribution is -0.131. The van der Waals surface area contributed by atoms with Crippen molar-refractivity contribution >= 4 is 23.0 Å². The number of rotatable bonds is 15. The van der Waals surface area contributed by atoms with Gasteiger partial charge in [-0.2, -0.15) is 9.97 Å². The Hall–Kier alpha value is -3.44. The highest BCUT2D eigenvalue weighted by molar-refractivity contribution is 5.81. The number of fused-ring (bicyclic) bond motifs is 1. The zero-order valence-electron chi connectivity index (χ0n) is 21.4. The number of aromatic amines is 1. The smallest absolute Gasteiger partial charge is 0.327 e. The number of imidazole rings is 1. The number of aryl methyl sites for hydroxylation is 1. The van der Waals surface area contributed by atoms with Crippen LogP contribution in [0, 0.1) is 0 Å². The van der Waals surface area contributed by atoms with Gasteiger partial charge < -0.3 is 25.5 Å². The fraction of sp³-hybridized carbons (Fsp3) is 0.520. The number of esters is 1. The highest BCUT2D eigenvalue weighted by atomic mass is 16.5. The Morgan fingerprint density at radius 3 is 2.78 bits per heavy atom. The van der Waals surface area contributed by atoms with Crippen molar-refractivity contribution in [1.29, 1.82) is 0 Å². The lowest BCUT2D eigenvalue weighted by Crippen LogP contribution is -2.29. The van der Waals surface area contributed by atoms with Gasteiger partial charge in [-0.3, -0.25) is 14.3 Å². The Morgan fingerprint density at radius 1 is 1.22 bits per heavy atom. The maximum Gasteiger partial charge on any atom is 0.327 e. The Kier molecular flexibility index (Phi) is 10.3. The molecule has 11 heteroatoms. The number of hydrogen-bond acceptors (Lipinski definition) is 9. The lowest BCUT2D eigenvalue weighted by atomic mass is 10.2. The minimum Gasteiger partial charge on any atom is -0.463 e. The molecule has 11 nitrogen and oxygen atoms in total. The minimum absolute atomic E-state index is 0.183. The Balaban J connectivity index is 1.70. The third kappa shape index (κ3) is 7.79. The van der Waals surface area contributed by atoms with Crippen LogP contribution in [0.1, 0.15) is 45.1 Å². The van der Waals surface area contributed by atoms with Crippen molar-refractivity contribution in [1.82, 2.24) is 29.7 Å². The fourth-order valence-electron chi connectivity index (χ4n) is 3.94. The molecular weight excluding hydrogens is 462 g/mol. The van der Waals surface area contributed by atoms with Crippen LogP contribution in [0.15, 0.2) is 29.1 Å². The number of nitrogens with one attached hydrogen (secondary N) is 2. The van der Waals surface area contributed by atoms with E-state index in [1.807, 2.05) is 25.2 Å². The summed E-state index contributed by atoms with van der Waals surface area (Å²) in [5.74, 6) is 0.393. The van der Waals surface area contributed by atoms with Crippen molar-refractivity contribution in [3.8, 4) is 11.8 Å². The van der Waals surface area contributed by atoms with Crippen LogP contribution in [0.4, 0.5) is 5.82 Å². The summed E-state index contributed by atoms with van der Waals surface area (Å²) < 4.78 is 12.4. The molecule has 0 saturated carbocycles. The Labute approximate surface area is 211 Å². The van der Waals surface area contributed by atoms with Crippen LogP contribution >= 0.6 is 0 Å². The molecular formula is C25H37N7O4. The second-order valence-electron chi connectivity index (χ2n) is 8.70. The molecule has 0 saturated heterocycles. The number of H-pyrrole nitrogens is 1. The Bertz CT molecular complexity index is 1190. The number of nitrogens with zero attached hydrogens (tertiary/aromatic N) is 4. The number of unbranched alkanes of at least 4 members (excludes halogenated alkanes) is 1. The summed E-state index contributed by atoms with van der Waals surface area (Å²) in [7, 11) is 1.93. The van der Waals surface area contributed by atoms with Crippen molar-refractivity contribution in [3.05, 3.63) is 40.3 Å². The molecule has 4 N–H and O–H groups in total. The van der Waals surface area contributed by atoms with Gasteiger partial charge in [-0.05, 0) is 57.1 Å². The largest absolute Gasteiger partial charge is 0.463 e. The van der Waals surface area contributed by atoms with E-state index in [-0.39, 0.29) is 23.5 Å². The number of carbonyl (C=O) groups excluding carboxylic acids is 1. The zero-order chi connectivity index (χ0) is 25.9. The Morgan fingerprint density at radius 2 is 2.03 bits per heavy atom. The molecule has 3 aromatic rings. The summed E-state index contributed by atoms with van der Waals surface area (Å²) >= 11 is 0. The number of nitrogens with two attached hydrogens (primary N) is 1. The number of hydrogen-bond donors (Lipinski definition) is 3. The summed E-state index contributed by atoms with van der Waals surface area (Å²) in [6.07, 6.45) is 3.58. The van der Waals surface area contributed by atoms with Crippen molar-refractivity contribution in [3.63, 3.8) is 0 Å². The monoisotopic (exact) mass is 499 g/mol. The lowest BCUT2D eigenvalue weighted by Gasteiger charge is -2.23. The maximum absolute atomic E-state index is 12.6. The van der Waals surface area contributed by atoms with Gasteiger partial charge >= 0.3 is 17.7 Å². The molecule has 0 bridgehead atoms. The van der Waals surface area contributed by atoms with Crippen LogP contribution in [0.2, 0.25) is 0 Å². The number of benzene rings is 1. The first-order valence-corrected chi connectivity index (χ1v) is 12.4. The van der Waals surface area contributed by atoms with Gasteiger partial charge in [-0.1, -0.05) is 25.5 Å². The van der Waals surface area contributed by atoms with Gasteiger partial charge in [0.1, 0.15) is 11.3 Å². The first-order chi connectivity index (χ1) is 17.4. The molecule has 36 heavy (non-hydrogen) atoms. The van der Waals surface area contributed by atoms with Gasteiger partial charge in [0.25, 0.3) is 0 Å². The van der Waals surface area contributed by atoms with E-state index in [9.17, 15) is 9.59 Å². The van der Waals surface area contributed by atoms with Gasteiger partial charge in [-0.25, -0.2) is 4.79 Å². The average Bonchev–Trinajstić information content (AvgIpc) is 3.15. The molecule has 0 aliphatic rings. The summed E-state index contributed by atoms with van der Waals surface area (Å²) in [4.78, 5) is 37.7. The predicted octanol–water partition coefficient (Wildman–Crippen LogP) is 2.31. The van der Waals surface area contributed by atoms with E-state index >= 15 is 0 Å². The van der Waals surface area contributed by atoms with Crippen LogP contribution in [0.25, 0.3) is 11.2 Å². The molecule has 0 unspecified atom stereocenters. The highest BCUT2D eigenvalue weighted by Gasteiger charge is 2.15. The van der Waals surface area contributed by atoms with Crippen LogP contribution in [-0.4, -0.2) is 63.7 Å². The predicted molar refractivity (Wildman–Crippen MR) is 139 cm³/mol. The summed E-state index contributed by atoms with van der Waals surface area (Å²) in [5.41, 5.74) is 7.72. The van der Waals surface area contributed by atoms with E-state index in [0.29, 0.717) is 36.6 Å². The molecule has 0 aliphatic carbocycles. The number of anilines is 1. The van der Waals surface area contributed by atoms with Crippen LogP contribution in [0.5, 0.6) is 11.8 Å². The number of ether oxygens (including phenoxy) is 2. The normalized spacial score (nSPS) is 11.3. The van der Waals surface area contributed by atoms with Gasteiger partial charge in [-0.15, -0.1) is 0 Å². The molecule has 2 aromatic heterocycles. The molecule has 0 spiro atoms. The molecule has 2 heterocycles. The zero-order valence-corrected chi connectivity index (χ0v) is 21.4. The van der Waals surface area contributed by atoms with E-state index in [1.165, 1.54) is 6.92 Å². The second-order valence-corrected chi connectivity index (χ2v) is 8.70. The third-order valence-electron chi connectivity index (χ3n) is 5.68. The molecule has 0 radical (unpaired) electrons. The van der Waals surface area contributed by atoms with Gasteiger partial charge in [0.15, 0.2) is 11.5 Å². The quantitative estimate of drug-likeness (QED) is 0.163. The minimum atomic E-state index is -0.342. The van der Waals surface area contributed by atoms with Crippen molar-refractivity contribution in [2.24, 2.45) is 0 Å². The molecule has 0 aliphatic heterocycles. The number of aromatic nitrogens is 4. The molecule has 0 fully saturated rings. The summed E-state index contributed by atoms with van der Waals surface area (Å²) in [6.45, 7) is 7.69. The maximum atomic E-state index is 12.6. The van der Waals surface area contributed by atoms with Gasteiger partial charge in [0.2, 0.25) is 0 Å². The molecule has 3 rings (SSSR count). The first kappa shape index (κ1) is 27.2. The number of carbonyl (C=O) groups is 1. The molecule has 0 atom stereocenters. The van der Waals surface area contributed by atoms with Crippen molar-refractivity contribution in [2.75, 3.05) is 39.0 Å². The van der Waals surface area contributed by atoms with E-state index in [1.54, 1.807) is 10.6 Å². The SMILES string of the molecule is CCCCOc1nc(N)c2[nH]c(=O)n(CCCN(CCCNC)Cc3cccc(OC(C)=O)c3)c2n1. The van der Waals surface area contributed by atoms with Crippen LogP contribution < -0.4 is 26.2 Å². The summed E-state index contributed by atoms with van der Waals surface area (Å²) in [6, 6.07) is 7.74. The standard InChI is InChI=1S/C25H37N7O4/c1-4-5-15-35-24-29-22(26)21-23(30-24)32(25(34)28-21)14-8-13-31(12-7-11-27-3)17-19-9-6-10-20(16-19)36-18(2)33/h6,9-10,16,27H,4-5,7-8,11-15,17H2,1-3H3,(H,28,34)(H2,26,29,30). The molecule has 1 aromatic carbocycles.